The van der Waals surface area contributed by atoms with Crippen molar-refractivity contribution < 1.29 is 18.3 Å². The van der Waals surface area contributed by atoms with E-state index in [9.17, 15) is 18.8 Å². The van der Waals surface area contributed by atoms with Gasteiger partial charge in [0.2, 0.25) is 5.82 Å². The van der Waals surface area contributed by atoms with Gasteiger partial charge in [0, 0.05) is 19.7 Å². The molecule has 36 heavy (non-hydrogen) atoms. The minimum Gasteiger partial charge on any atom is -0.468 e. The number of carbonyl (C=O) groups is 1. The van der Waals surface area contributed by atoms with Crippen molar-refractivity contribution in [2.24, 2.45) is 12.1 Å². The minimum atomic E-state index is -0.784. The summed E-state index contributed by atoms with van der Waals surface area (Å²) >= 11 is 0. The summed E-state index contributed by atoms with van der Waals surface area (Å²) in [6.45, 7) is 0.302. The number of hydrogen-bond acceptors (Lipinski definition) is 8. The summed E-state index contributed by atoms with van der Waals surface area (Å²) in [7, 11) is 1.61. The van der Waals surface area contributed by atoms with E-state index in [0.29, 0.717) is 17.7 Å². The molecule has 1 fully saturated rings. The second-order valence-electron chi connectivity index (χ2n) is 8.20. The molecule has 1 aromatic carbocycles. The molecule has 2 amide bonds. The molecule has 0 N–H and O–H groups in total. The maximum absolute atomic E-state index is 14.4. The Morgan fingerprint density at radius 1 is 1.17 bits per heavy atom. The molecule has 0 bridgehead atoms. The molecule has 5 rings (SSSR count). The summed E-state index contributed by atoms with van der Waals surface area (Å²) in [5.74, 6) is -1.58. The molecular formula is C23H17F2N9O2. The van der Waals surface area contributed by atoms with Crippen molar-refractivity contribution >= 4 is 12.2 Å². The number of aromatic nitrogens is 4. The van der Waals surface area contributed by atoms with Crippen LogP contribution in [0.5, 0.6) is 5.88 Å². The Bertz CT molecular complexity index is 1470. The maximum Gasteiger partial charge on any atom is 0.341 e. The number of amides is 2. The highest BCUT2D eigenvalue weighted by Crippen LogP contribution is 2.32. The van der Waals surface area contributed by atoms with Crippen molar-refractivity contribution in [2.45, 2.75) is 18.6 Å². The highest BCUT2D eigenvalue weighted by Gasteiger charge is 2.39. The van der Waals surface area contributed by atoms with Crippen LogP contribution in [0.3, 0.4) is 0 Å². The third-order valence-electron chi connectivity index (χ3n) is 5.84. The first kappa shape index (κ1) is 22.9. The summed E-state index contributed by atoms with van der Waals surface area (Å²) in [5, 5.41) is 27.7. The van der Waals surface area contributed by atoms with E-state index in [0.717, 1.165) is 12.3 Å². The van der Waals surface area contributed by atoms with Crippen molar-refractivity contribution in [1.82, 2.24) is 29.7 Å². The van der Waals surface area contributed by atoms with E-state index < -0.39 is 29.8 Å². The lowest BCUT2D eigenvalue weighted by Gasteiger charge is -2.40. The Morgan fingerprint density at radius 2 is 1.97 bits per heavy atom. The number of carbonyl (C=O) groups excluding carboxylic acids is 1. The van der Waals surface area contributed by atoms with Crippen LogP contribution in [0.25, 0.3) is 11.5 Å². The van der Waals surface area contributed by atoms with Gasteiger partial charge in [-0.05, 0) is 23.8 Å². The Hall–Kier alpha value is -4.91. The fraction of sp³-hybridized carbons (Fsp3) is 0.261. The van der Waals surface area contributed by atoms with Gasteiger partial charge in [-0.3, -0.25) is 4.68 Å². The maximum atomic E-state index is 14.4. The highest BCUT2D eigenvalue weighted by atomic mass is 19.1. The number of rotatable bonds is 4. The van der Waals surface area contributed by atoms with Gasteiger partial charge < -0.3 is 9.64 Å². The van der Waals surface area contributed by atoms with Crippen LogP contribution in [0.15, 0.2) is 35.7 Å². The number of hydrazone groups is 1. The number of aryl methyl sites for hydroxylation is 1. The van der Waals surface area contributed by atoms with Crippen LogP contribution >= 0.6 is 0 Å². The predicted octanol–water partition coefficient (Wildman–Crippen LogP) is 2.51. The Kier molecular flexibility index (Phi) is 5.74. The lowest BCUT2D eigenvalue weighted by molar-refractivity contribution is 0.0230. The quantitative estimate of drug-likeness (QED) is 0.549. The van der Waals surface area contributed by atoms with Crippen LogP contribution in [0.2, 0.25) is 0 Å². The molecule has 2 aromatic heterocycles. The van der Waals surface area contributed by atoms with Crippen molar-refractivity contribution in [1.29, 1.82) is 10.5 Å². The number of halogens is 2. The third kappa shape index (κ3) is 4.07. The van der Waals surface area contributed by atoms with Crippen LogP contribution in [0.1, 0.15) is 29.2 Å². The van der Waals surface area contributed by atoms with E-state index in [1.165, 1.54) is 32.9 Å². The number of hydrogen-bond donors (Lipinski definition) is 0. The zero-order chi connectivity index (χ0) is 25.4. The lowest BCUT2D eigenvalue weighted by atomic mass is 10.0. The molecule has 0 saturated carbocycles. The molecular weight excluding hydrogens is 472 g/mol. The number of nitrogens with zero attached hydrogens (tertiary/aromatic N) is 9. The summed E-state index contributed by atoms with van der Waals surface area (Å²) < 4.78 is 35.3. The molecule has 0 radical (unpaired) electrons. The first-order valence-electron chi connectivity index (χ1n) is 10.8. The Labute approximate surface area is 203 Å². The zero-order valence-corrected chi connectivity index (χ0v) is 18.8. The molecule has 180 valence electrons. The fourth-order valence-electron chi connectivity index (χ4n) is 4.05. The van der Waals surface area contributed by atoms with E-state index in [1.807, 2.05) is 12.1 Å². The number of nitriles is 2. The average molecular weight is 489 g/mol. The van der Waals surface area contributed by atoms with Crippen molar-refractivity contribution in [3.63, 3.8) is 0 Å². The first-order chi connectivity index (χ1) is 17.4. The Morgan fingerprint density at radius 3 is 2.72 bits per heavy atom. The van der Waals surface area contributed by atoms with Crippen molar-refractivity contribution in [3.8, 4) is 29.5 Å². The van der Waals surface area contributed by atoms with Crippen LogP contribution < -0.4 is 4.74 Å². The molecule has 1 unspecified atom stereocenters. The van der Waals surface area contributed by atoms with E-state index in [2.05, 4.69) is 20.2 Å². The molecule has 1 saturated heterocycles. The molecule has 4 heterocycles. The van der Waals surface area contributed by atoms with E-state index in [1.54, 1.807) is 13.3 Å². The van der Waals surface area contributed by atoms with Gasteiger partial charge in [-0.15, -0.1) is 0 Å². The topological polar surface area (TPSA) is 136 Å². The van der Waals surface area contributed by atoms with E-state index >= 15 is 0 Å². The molecule has 0 aliphatic carbocycles. The summed E-state index contributed by atoms with van der Waals surface area (Å²) in [5.41, 5.74) is 1.17. The van der Waals surface area contributed by atoms with Gasteiger partial charge in [-0.1, -0.05) is 0 Å². The lowest BCUT2D eigenvalue weighted by Crippen LogP contribution is -2.59. The summed E-state index contributed by atoms with van der Waals surface area (Å²) in [6, 6.07) is 6.85. The van der Waals surface area contributed by atoms with Gasteiger partial charge in [0.05, 0.1) is 43.2 Å². The third-order valence-corrected chi connectivity index (χ3v) is 5.84. The molecule has 0 spiro atoms. The van der Waals surface area contributed by atoms with Gasteiger partial charge in [0.15, 0.2) is 5.82 Å². The molecule has 2 aliphatic rings. The second kappa shape index (κ2) is 9.03. The standard InChI is InChI=1S/C23H17F2N9O2/c1-32-20(15(8-27)9-30-32)21-28-10-18(25)22(31-21)36-17-11-33(12-17)23(35)34-19(2-3-29-34)14-4-13(7-26)5-16(24)6-14/h3-6,9-10,17,19H,2,11-12H2,1H3. The van der Waals surface area contributed by atoms with Gasteiger partial charge in [0.25, 0.3) is 5.88 Å². The number of ether oxygens (including phenoxy) is 1. The summed E-state index contributed by atoms with van der Waals surface area (Å²) in [4.78, 5) is 22.5. The van der Waals surface area contributed by atoms with Gasteiger partial charge >= 0.3 is 6.03 Å². The highest BCUT2D eigenvalue weighted by molar-refractivity contribution is 5.79. The van der Waals surface area contributed by atoms with Gasteiger partial charge in [0.1, 0.15) is 29.2 Å². The first-order valence-corrected chi connectivity index (χ1v) is 10.8. The minimum absolute atomic E-state index is 0.0799. The van der Waals surface area contributed by atoms with Crippen molar-refractivity contribution in [2.75, 3.05) is 13.1 Å². The fourth-order valence-corrected chi connectivity index (χ4v) is 4.05. The molecule has 13 heteroatoms. The largest absolute Gasteiger partial charge is 0.468 e. The molecule has 1 atom stereocenters. The van der Waals surface area contributed by atoms with Gasteiger partial charge in [-0.2, -0.15) is 30.1 Å². The SMILES string of the molecule is Cn1ncc(C#N)c1-c1ncc(F)c(OC2CN(C(=O)N3N=CCC3c3cc(F)cc(C#N)c3)C2)n1. The number of urea groups is 1. The van der Waals surface area contributed by atoms with Crippen LogP contribution in [0.4, 0.5) is 13.6 Å². The smallest absolute Gasteiger partial charge is 0.341 e. The zero-order valence-electron chi connectivity index (χ0n) is 18.8. The normalized spacial score (nSPS) is 17.0. The van der Waals surface area contributed by atoms with Crippen LogP contribution in [-0.4, -0.2) is 61.1 Å². The second-order valence-corrected chi connectivity index (χ2v) is 8.20. The van der Waals surface area contributed by atoms with Crippen molar-refractivity contribution in [3.05, 3.63) is 58.9 Å². The van der Waals surface area contributed by atoms with Crippen LogP contribution in [-0.2, 0) is 7.05 Å². The Balaban J connectivity index is 1.26. The number of benzene rings is 1. The van der Waals surface area contributed by atoms with E-state index in [4.69, 9.17) is 10.00 Å². The molecule has 3 aromatic rings. The summed E-state index contributed by atoms with van der Waals surface area (Å²) in [6.07, 6.45) is 3.71. The van der Waals surface area contributed by atoms with Gasteiger partial charge in [-0.25, -0.2) is 19.2 Å². The monoisotopic (exact) mass is 489 g/mol. The number of likely N-dealkylation sites (tertiary alicyclic amines) is 1. The average Bonchev–Trinajstić information content (AvgIpc) is 3.48. The van der Waals surface area contributed by atoms with E-state index in [-0.39, 0.29) is 35.9 Å². The van der Waals surface area contributed by atoms with Crippen LogP contribution in [0, 0.1) is 34.3 Å². The molecule has 2 aliphatic heterocycles. The molecule has 11 nitrogen and oxygen atoms in total. The predicted molar refractivity (Wildman–Crippen MR) is 119 cm³/mol.